The van der Waals surface area contributed by atoms with Crippen LogP contribution in [0.25, 0.3) is 11.1 Å². The molecule has 4 heterocycles. The fraction of sp³-hybridized carbons (Fsp3) is 0.400. The molecule has 1 amide bonds. The molecule has 1 aliphatic heterocycles. The van der Waals surface area contributed by atoms with E-state index in [4.69, 9.17) is 4.52 Å². The summed E-state index contributed by atoms with van der Waals surface area (Å²) in [7, 11) is 1.82. The molecule has 1 saturated heterocycles. The first-order valence-electron chi connectivity index (χ1n) is 9.20. The average molecular weight is 365 g/mol. The van der Waals surface area contributed by atoms with Crippen molar-refractivity contribution in [3.63, 3.8) is 0 Å². The maximum atomic E-state index is 12.7. The van der Waals surface area contributed by atoms with Crippen LogP contribution in [0.3, 0.4) is 0 Å². The van der Waals surface area contributed by atoms with Crippen LogP contribution in [0.1, 0.15) is 46.3 Å². The monoisotopic (exact) mass is 365 g/mol. The highest BCUT2D eigenvalue weighted by Gasteiger charge is 2.27. The molecule has 0 N–H and O–H groups in total. The number of nitrogens with zero attached hydrogens (tertiary/aromatic N) is 5. The summed E-state index contributed by atoms with van der Waals surface area (Å²) in [5.74, 6) is 1.09. The normalized spacial score (nSPS) is 17.3. The van der Waals surface area contributed by atoms with E-state index in [-0.39, 0.29) is 11.8 Å². The molecule has 7 nitrogen and oxygen atoms in total. The summed E-state index contributed by atoms with van der Waals surface area (Å²) >= 11 is 0. The number of pyridine rings is 1. The third-order valence-electron chi connectivity index (χ3n) is 5.19. The number of hydrogen-bond donors (Lipinski definition) is 0. The van der Waals surface area contributed by atoms with Gasteiger partial charge in [-0.3, -0.25) is 14.5 Å². The highest BCUT2D eigenvalue weighted by molar-refractivity contribution is 5.93. The van der Waals surface area contributed by atoms with E-state index in [1.165, 1.54) is 0 Å². The van der Waals surface area contributed by atoms with Gasteiger partial charge < -0.3 is 9.42 Å². The van der Waals surface area contributed by atoms with E-state index < -0.39 is 0 Å². The zero-order valence-corrected chi connectivity index (χ0v) is 15.8. The van der Waals surface area contributed by atoms with Crippen molar-refractivity contribution in [1.82, 2.24) is 24.8 Å². The summed E-state index contributed by atoms with van der Waals surface area (Å²) in [5.41, 5.74) is 4.54. The minimum Gasteiger partial charge on any atom is -0.361 e. The van der Waals surface area contributed by atoms with Gasteiger partial charge in [0.05, 0.1) is 17.5 Å². The molecule has 0 bridgehead atoms. The number of carbonyl (C=O) groups excluding carboxylic acids is 1. The second-order valence-corrected chi connectivity index (χ2v) is 7.16. The Labute approximate surface area is 158 Å². The highest BCUT2D eigenvalue weighted by atomic mass is 16.5. The maximum absolute atomic E-state index is 12.7. The Kier molecular flexibility index (Phi) is 4.51. The lowest BCUT2D eigenvalue weighted by Gasteiger charge is -2.32. The topological polar surface area (TPSA) is 77.0 Å². The molecule has 0 saturated carbocycles. The van der Waals surface area contributed by atoms with E-state index >= 15 is 0 Å². The van der Waals surface area contributed by atoms with Crippen LogP contribution in [0.2, 0.25) is 0 Å². The molecule has 0 aliphatic carbocycles. The average Bonchev–Trinajstić information content (AvgIpc) is 3.27. The summed E-state index contributed by atoms with van der Waals surface area (Å²) in [6.07, 6.45) is 7.29. The smallest absolute Gasteiger partial charge is 0.257 e. The Balaban J connectivity index is 1.51. The van der Waals surface area contributed by atoms with Crippen molar-refractivity contribution >= 4 is 5.91 Å². The molecule has 3 aromatic heterocycles. The lowest BCUT2D eigenvalue weighted by molar-refractivity contribution is 0.0706. The van der Waals surface area contributed by atoms with Crippen LogP contribution in [0.4, 0.5) is 0 Å². The quantitative estimate of drug-likeness (QED) is 0.713. The summed E-state index contributed by atoms with van der Waals surface area (Å²) < 4.78 is 6.91. The lowest BCUT2D eigenvalue weighted by atomic mass is 9.93. The minimum atomic E-state index is 0.0418. The minimum absolute atomic E-state index is 0.0418. The van der Waals surface area contributed by atoms with Crippen molar-refractivity contribution in [2.24, 2.45) is 7.05 Å². The third-order valence-corrected chi connectivity index (χ3v) is 5.19. The van der Waals surface area contributed by atoms with Gasteiger partial charge in [-0.15, -0.1) is 0 Å². The number of piperidine rings is 1. The van der Waals surface area contributed by atoms with Gasteiger partial charge in [-0.2, -0.15) is 5.10 Å². The zero-order chi connectivity index (χ0) is 19.0. The van der Waals surface area contributed by atoms with Gasteiger partial charge in [-0.05, 0) is 32.8 Å². The molecule has 1 aliphatic rings. The van der Waals surface area contributed by atoms with Crippen molar-refractivity contribution in [1.29, 1.82) is 0 Å². The van der Waals surface area contributed by atoms with Gasteiger partial charge in [0, 0.05) is 55.3 Å². The molecule has 140 valence electrons. The van der Waals surface area contributed by atoms with Gasteiger partial charge in [0.15, 0.2) is 0 Å². The van der Waals surface area contributed by atoms with Crippen LogP contribution in [-0.2, 0) is 7.05 Å². The molecule has 27 heavy (non-hydrogen) atoms. The van der Waals surface area contributed by atoms with Crippen LogP contribution < -0.4 is 0 Å². The molecule has 3 aromatic rings. The Morgan fingerprint density at radius 3 is 2.74 bits per heavy atom. The molecular weight excluding hydrogens is 342 g/mol. The Morgan fingerprint density at radius 2 is 2.11 bits per heavy atom. The number of amides is 1. The van der Waals surface area contributed by atoms with Crippen molar-refractivity contribution in [3.05, 3.63) is 53.4 Å². The molecule has 1 fully saturated rings. The van der Waals surface area contributed by atoms with Gasteiger partial charge >= 0.3 is 0 Å². The van der Waals surface area contributed by atoms with Crippen LogP contribution in [-0.4, -0.2) is 43.8 Å². The van der Waals surface area contributed by atoms with Crippen LogP contribution in [0.15, 0.2) is 35.2 Å². The largest absolute Gasteiger partial charge is 0.361 e. The van der Waals surface area contributed by atoms with E-state index in [2.05, 4.69) is 27.4 Å². The van der Waals surface area contributed by atoms with Crippen molar-refractivity contribution < 1.29 is 9.32 Å². The van der Waals surface area contributed by atoms with Crippen LogP contribution in [0.5, 0.6) is 0 Å². The molecule has 7 heteroatoms. The Morgan fingerprint density at radius 1 is 1.26 bits per heavy atom. The second-order valence-electron chi connectivity index (χ2n) is 7.16. The van der Waals surface area contributed by atoms with Gasteiger partial charge in [-0.25, -0.2) is 0 Å². The number of aryl methyl sites for hydroxylation is 3. The molecule has 1 atom stereocenters. The number of rotatable bonds is 3. The summed E-state index contributed by atoms with van der Waals surface area (Å²) in [6.45, 7) is 5.31. The Hall–Kier alpha value is -2.96. The predicted molar refractivity (Wildman–Crippen MR) is 100 cm³/mol. The molecule has 0 aromatic carbocycles. The number of hydrogen-bond acceptors (Lipinski definition) is 5. The molecule has 0 spiro atoms. The second kappa shape index (κ2) is 6.98. The maximum Gasteiger partial charge on any atom is 0.257 e. The van der Waals surface area contributed by atoms with Gasteiger partial charge in [-0.1, -0.05) is 11.2 Å². The first kappa shape index (κ1) is 17.5. The highest BCUT2D eigenvalue weighted by Crippen LogP contribution is 2.30. The number of likely N-dealkylation sites (tertiary alicyclic amines) is 1. The fourth-order valence-electron chi connectivity index (χ4n) is 3.81. The summed E-state index contributed by atoms with van der Waals surface area (Å²) in [6, 6.07) is 4.13. The summed E-state index contributed by atoms with van der Waals surface area (Å²) in [5, 5.41) is 8.11. The standard InChI is InChI=1S/C20H23N5O2/c1-13-19(14(2)27-23-13)15-6-7-18(21-9-15)16-5-4-8-25(12-16)20(26)17-10-22-24(3)11-17/h6-7,9-11,16H,4-5,8,12H2,1-3H3. The Bertz CT molecular complexity index is 938. The fourth-order valence-corrected chi connectivity index (χ4v) is 3.81. The van der Waals surface area contributed by atoms with Gasteiger partial charge in [0.2, 0.25) is 0 Å². The van der Waals surface area contributed by atoms with Gasteiger partial charge in [0.25, 0.3) is 5.91 Å². The van der Waals surface area contributed by atoms with Gasteiger partial charge in [0.1, 0.15) is 5.76 Å². The zero-order valence-electron chi connectivity index (χ0n) is 15.8. The van der Waals surface area contributed by atoms with Crippen molar-refractivity contribution in [3.8, 4) is 11.1 Å². The lowest BCUT2D eigenvalue weighted by Crippen LogP contribution is -2.39. The van der Waals surface area contributed by atoms with Crippen LogP contribution >= 0.6 is 0 Å². The molecule has 4 rings (SSSR count). The van der Waals surface area contributed by atoms with E-state index in [1.807, 2.05) is 32.0 Å². The molecule has 1 unspecified atom stereocenters. The van der Waals surface area contributed by atoms with E-state index in [1.54, 1.807) is 17.1 Å². The first-order valence-corrected chi connectivity index (χ1v) is 9.20. The third kappa shape index (κ3) is 3.37. The predicted octanol–water partition coefficient (Wildman–Crippen LogP) is 3.11. The molecular formula is C20H23N5O2. The first-order chi connectivity index (χ1) is 13.0. The van der Waals surface area contributed by atoms with E-state index in [9.17, 15) is 4.79 Å². The molecule has 0 radical (unpaired) electrons. The van der Waals surface area contributed by atoms with Crippen molar-refractivity contribution in [2.75, 3.05) is 13.1 Å². The number of aromatic nitrogens is 4. The van der Waals surface area contributed by atoms with Crippen molar-refractivity contribution in [2.45, 2.75) is 32.6 Å². The SMILES string of the molecule is Cc1noc(C)c1-c1ccc(C2CCCN(C(=O)c3cnn(C)c3)C2)nc1. The van der Waals surface area contributed by atoms with Crippen LogP contribution in [0, 0.1) is 13.8 Å². The summed E-state index contributed by atoms with van der Waals surface area (Å²) in [4.78, 5) is 19.3. The van der Waals surface area contributed by atoms with E-state index in [0.29, 0.717) is 12.1 Å². The van der Waals surface area contributed by atoms with E-state index in [0.717, 1.165) is 47.7 Å². The number of carbonyl (C=O) groups is 1.